The molecule has 5 heteroatoms. The van der Waals surface area contributed by atoms with Crippen LogP contribution in [0.25, 0.3) is 0 Å². The zero-order chi connectivity index (χ0) is 11.1. The van der Waals surface area contributed by atoms with Gasteiger partial charge in [-0.1, -0.05) is 11.6 Å². The lowest BCUT2D eigenvalue weighted by Gasteiger charge is -2.19. The van der Waals surface area contributed by atoms with Gasteiger partial charge in [-0.2, -0.15) is 5.10 Å². The van der Waals surface area contributed by atoms with Crippen molar-refractivity contribution in [3.63, 3.8) is 0 Å². The van der Waals surface area contributed by atoms with Gasteiger partial charge in [-0.05, 0) is 26.7 Å². The van der Waals surface area contributed by atoms with Crippen LogP contribution in [-0.4, -0.2) is 21.5 Å². The Bertz CT molecular complexity index is 342. The minimum atomic E-state index is -0.00679. The van der Waals surface area contributed by atoms with Gasteiger partial charge in [-0.3, -0.25) is 4.68 Å². The van der Waals surface area contributed by atoms with E-state index in [0.717, 1.165) is 19.4 Å². The smallest absolute Gasteiger partial charge is 0.164 e. The summed E-state index contributed by atoms with van der Waals surface area (Å²) >= 11 is 5.82. The molecule has 1 saturated heterocycles. The first-order valence-corrected chi connectivity index (χ1v) is 5.50. The summed E-state index contributed by atoms with van der Waals surface area (Å²) in [5.41, 5.74) is 5.56. The van der Waals surface area contributed by atoms with Crippen LogP contribution >= 0.6 is 11.6 Å². The Labute approximate surface area is 94.3 Å². The van der Waals surface area contributed by atoms with Crippen molar-refractivity contribution in [1.82, 2.24) is 9.78 Å². The topological polar surface area (TPSA) is 53.1 Å². The molecule has 2 N–H and O–H groups in total. The van der Waals surface area contributed by atoms with Crippen molar-refractivity contribution in [2.75, 3.05) is 5.73 Å². The van der Waals surface area contributed by atoms with E-state index in [2.05, 4.69) is 18.9 Å². The van der Waals surface area contributed by atoms with Crippen molar-refractivity contribution >= 4 is 17.4 Å². The van der Waals surface area contributed by atoms with Gasteiger partial charge < -0.3 is 10.5 Å². The van der Waals surface area contributed by atoms with Gasteiger partial charge >= 0.3 is 0 Å². The van der Waals surface area contributed by atoms with Crippen LogP contribution in [0.15, 0.2) is 6.20 Å². The first-order chi connectivity index (χ1) is 6.96. The quantitative estimate of drug-likeness (QED) is 0.845. The predicted octanol–water partition coefficient (Wildman–Crippen LogP) is 2.08. The van der Waals surface area contributed by atoms with Gasteiger partial charge in [0.2, 0.25) is 0 Å². The van der Waals surface area contributed by atoms with Crippen LogP contribution in [0.4, 0.5) is 5.82 Å². The molecule has 1 fully saturated rings. The molecular weight excluding hydrogens is 214 g/mol. The number of hydrogen-bond donors (Lipinski definition) is 1. The van der Waals surface area contributed by atoms with Crippen molar-refractivity contribution < 1.29 is 4.74 Å². The Morgan fingerprint density at radius 2 is 2.47 bits per heavy atom. The Kier molecular flexibility index (Phi) is 2.64. The normalized spacial score (nSPS) is 24.6. The van der Waals surface area contributed by atoms with Gasteiger partial charge in [0.25, 0.3) is 0 Å². The van der Waals surface area contributed by atoms with E-state index in [1.807, 2.05) is 0 Å². The Morgan fingerprint density at radius 1 is 1.73 bits per heavy atom. The maximum atomic E-state index is 5.86. The average Bonchev–Trinajstić information content (AvgIpc) is 2.58. The number of anilines is 1. The third-order valence-electron chi connectivity index (χ3n) is 2.69. The molecule has 0 radical (unpaired) electrons. The van der Waals surface area contributed by atoms with Crippen LogP contribution in [0.5, 0.6) is 0 Å². The number of rotatable bonds is 2. The van der Waals surface area contributed by atoms with Crippen molar-refractivity contribution in [1.29, 1.82) is 0 Å². The molecule has 0 bridgehead atoms. The molecule has 1 aliphatic rings. The molecule has 4 nitrogen and oxygen atoms in total. The summed E-state index contributed by atoms with van der Waals surface area (Å²) in [6.07, 6.45) is 4.10. The highest BCUT2D eigenvalue weighted by atomic mass is 35.5. The van der Waals surface area contributed by atoms with Crippen molar-refractivity contribution in [3.05, 3.63) is 11.2 Å². The Hall–Kier alpha value is -0.740. The molecule has 0 aromatic carbocycles. The summed E-state index contributed by atoms with van der Waals surface area (Å²) in [4.78, 5) is 0. The zero-order valence-corrected chi connectivity index (χ0v) is 9.79. The van der Waals surface area contributed by atoms with Crippen LogP contribution in [0.3, 0.4) is 0 Å². The molecule has 1 atom stereocenters. The maximum Gasteiger partial charge on any atom is 0.164 e. The van der Waals surface area contributed by atoms with Gasteiger partial charge in [0.1, 0.15) is 5.02 Å². The highest BCUT2D eigenvalue weighted by molar-refractivity contribution is 6.32. The summed E-state index contributed by atoms with van der Waals surface area (Å²) in [5, 5.41) is 4.61. The predicted molar refractivity (Wildman–Crippen MR) is 59.8 cm³/mol. The van der Waals surface area contributed by atoms with E-state index in [1.165, 1.54) is 0 Å². The van der Waals surface area contributed by atoms with E-state index in [0.29, 0.717) is 10.8 Å². The lowest BCUT2D eigenvalue weighted by Crippen LogP contribution is -2.23. The molecule has 0 amide bonds. The second-order valence-electron chi connectivity index (χ2n) is 4.62. The van der Waals surface area contributed by atoms with Crippen molar-refractivity contribution in [3.8, 4) is 0 Å². The Morgan fingerprint density at radius 3 is 2.93 bits per heavy atom. The molecule has 1 aromatic heterocycles. The number of nitrogens with two attached hydrogens (primary N) is 1. The zero-order valence-electron chi connectivity index (χ0n) is 9.03. The molecule has 2 heterocycles. The molecule has 0 aliphatic carbocycles. The summed E-state index contributed by atoms with van der Waals surface area (Å²) in [5.74, 6) is 0.383. The highest BCUT2D eigenvalue weighted by Gasteiger charge is 2.31. The van der Waals surface area contributed by atoms with Crippen LogP contribution in [0.2, 0.25) is 5.02 Å². The fourth-order valence-corrected chi connectivity index (χ4v) is 2.07. The van der Waals surface area contributed by atoms with Gasteiger partial charge in [0.15, 0.2) is 5.82 Å². The molecule has 1 aromatic rings. The lowest BCUT2D eigenvalue weighted by atomic mass is 10.1. The first kappa shape index (κ1) is 10.8. The third-order valence-corrected chi connectivity index (χ3v) is 2.98. The molecular formula is C10H16ClN3O. The molecule has 84 valence electrons. The maximum absolute atomic E-state index is 5.86. The fraction of sp³-hybridized carbons (Fsp3) is 0.700. The van der Waals surface area contributed by atoms with Crippen LogP contribution in [0.1, 0.15) is 26.7 Å². The summed E-state index contributed by atoms with van der Waals surface area (Å²) < 4.78 is 7.61. The molecule has 0 saturated carbocycles. The van der Waals surface area contributed by atoms with Crippen LogP contribution in [0, 0.1) is 0 Å². The number of halogens is 1. The summed E-state index contributed by atoms with van der Waals surface area (Å²) in [6, 6.07) is 0. The fourth-order valence-electron chi connectivity index (χ4n) is 1.92. The van der Waals surface area contributed by atoms with E-state index in [9.17, 15) is 0 Å². The van der Waals surface area contributed by atoms with Gasteiger partial charge in [0.05, 0.1) is 18.2 Å². The molecule has 0 spiro atoms. The third kappa shape index (κ3) is 2.44. The number of nitrogens with zero attached hydrogens (tertiary/aromatic N) is 2. The number of hydrogen-bond acceptors (Lipinski definition) is 3. The van der Waals surface area contributed by atoms with Gasteiger partial charge in [-0.15, -0.1) is 0 Å². The molecule has 2 rings (SSSR count). The van der Waals surface area contributed by atoms with E-state index in [4.69, 9.17) is 22.1 Å². The van der Waals surface area contributed by atoms with Crippen molar-refractivity contribution in [2.45, 2.75) is 44.9 Å². The summed E-state index contributed by atoms with van der Waals surface area (Å²) in [7, 11) is 0. The lowest BCUT2D eigenvalue weighted by molar-refractivity contribution is -0.0229. The Balaban J connectivity index is 1.98. The molecule has 1 aliphatic heterocycles. The highest BCUT2D eigenvalue weighted by Crippen LogP contribution is 2.30. The monoisotopic (exact) mass is 229 g/mol. The SMILES string of the molecule is CC1(C)CCC(Cn2cc(Cl)c(N)n2)O1. The minimum absolute atomic E-state index is 0.00679. The van der Waals surface area contributed by atoms with Crippen LogP contribution < -0.4 is 5.73 Å². The van der Waals surface area contributed by atoms with Crippen molar-refractivity contribution in [2.24, 2.45) is 0 Å². The van der Waals surface area contributed by atoms with E-state index in [1.54, 1.807) is 10.9 Å². The number of nitrogen functional groups attached to an aromatic ring is 1. The molecule has 1 unspecified atom stereocenters. The summed E-state index contributed by atoms with van der Waals surface area (Å²) in [6.45, 7) is 4.94. The largest absolute Gasteiger partial charge is 0.381 e. The second-order valence-corrected chi connectivity index (χ2v) is 5.03. The van der Waals surface area contributed by atoms with E-state index in [-0.39, 0.29) is 11.7 Å². The van der Waals surface area contributed by atoms with Gasteiger partial charge in [0, 0.05) is 6.20 Å². The minimum Gasteiger partial charge on any atom is -0.381 e. The number of aromatic nitrogens is 2. The standard InChI is InChI=1S/C10H16ClN3O/c1-10(2)4-3-7(15-10)5-14-6-8(11)9(12)13-14/h6-7H,3-5H2,1-2H3,(H2,12,13). The van der Waals surface area contributed by atoms with E-state index >= 15 is 0 Å². The first-order valence-electron chi connectivity index (χ1n) is 5.12. The van der Waals surface area contributed by atoms with E-state index < -0.39 is 0 Å². The average molecular weight is 230 g/mol. The molecule has 15 heavy (non-hydrogen) atoms. The number of ether oxygens (including phenoxy) is 1. The second kappa shape index (κ2) is 3.68. The van der Waals surface area contributed by atoms with Gasteiger partial charge in [-0.25, -0.2) is 0 Å². The van der Waals surface area contributed by atoms with Crippen LogP contribution in [-0.2, 0) is 11.3 Å².